The summed E-state index contributed by atoms with van der Waals surface area (Å²) in [6.45, 7) is 3.00. The van der Waals surface area contributed by atoms with Crippen molar-refractivity contribution < 1.29 is 19.4 Å². The molecule has 0 unspecified atom stereocenters. The zero-order valence-electron chi connectivity index (χ0n) is 9.77. The Morgan fingerprint density at radius 2 is 1.82 bits per heavy atom. The summed E-state index contributed by atoms with van der Waals surface area (Å²) in [6.07, 6.45) is 0. The van der Waals surface area contributed by atoms with Gasteiger partial charge in [0, 0.05) is 5.56 Å². The minimum Gasteiger partial charge on any atom is -0.506 e. The summed E-state index contributed by atoms with van der Waals surface area (Å²) in [6, 6.07) is 8.40. The minimum absolute atomic E-state index is 0.150. The molecular weight excluding hydrogens is 220 g/mol. The number of ketones is 1. The summed E-state index contributed by atoms with van der Waals surface area (Å²) in [5, 5.41) is 9.91. The van der Waals surface area contributed by atoms with Gasteiger partial charge >= 0.3 is 5.97 Å². The lowest BCUT2D eigenvalue weighted by Crippen LogP contribution is -2.15. The van der Waals surface area contributed by atoms with Crippen LogP contribution in [0.1, 0.15) is 19.4 Å². The van der Waals surface area contributed by atoms with Gasteiger partial charge in [-0.1, -0.05) is 30.3 Å². The molecule has 1 aromatic rings. The van der Waals surface area contributed by atoms with E-state index in [0.717, 1.165) is 0 Å². The van der Waals surface area contributed by atoms with Crippen molar-refractivity contribution in [1.29, 1.82) is 0 Å². The molecule has 1 N–H and O–H groups in total. The van der Waals surface area contributed by atoms with Gasteiger partial charge < -0.3 is 9.84 Å². The molecule has 4 nitrogen and oxygen atoms in total. The second-order valence-electron chi connectivity index (χ2n) is 3.37. The van der Waals surface area contributed by atoms with Crippen molar-refractivity contribution in [2.24, 2.45) is 0 Å². The third-order valence-corrected chi connectivity index (χ3v) is 2.12. The Morgan fingerprint density at radius 1 is 1.24 bits per heavy atom. The Bertz CT molecular complexity index is 446. The quantitative estimate of drug-likeness (QED) is 0.285. The van der Waals surface area contributed by atoms with E-state index in [1.165, 1.54) is 6.92 Å². The lowest BCUT2D eigenvalue weighted by atomic mass is 10.1. The van der Waals surface area contributed by atoms with Crippen molar-refractivity contribution in [1.82, 2.24) is 0 Å². The van der Waals surface area contributed by atoms with Gasteiger partial charge in [0.25, 0.3) is 0 Å². The number of esters is 1. The predicted molar refractivity (Wildman–Crippen MR) is 63.3 cm³/mol. The molecule has 0 radical (unpaired) electrons. The molecule has 0 heterocycles. The van der Waals surface area contributed by atoms with Gasteiger partial charge in [-0.2, -0.15) is 0 Å². The van der Waals surface area contributed by atoms with Crippen LogP contribution in [-0.2, 0) is 14.3 Å². The zero-order chi connectivity index (χ0) is 12.8. The number of aliphatic hydroxyl groups is 1. The van der Waals surface area contributed by atoms with Gasteiger partial charge in [0.05, 0.1) is 6.61 Å². The Labute approximate surface area is 99.5 Å². The monoisotopic (exact) mass is 234 g/mol. The van der Waals surface area contributed by atoms with Crippen LogP contribution >= 0.6 is 0 Å². The summed E-state index contributed by atoms with van der Waals surface area (Å²) in [5.74, 6) is -1.68. The fraction of sp³-hybridized carbons (Fsp3) is 0.231. The van der Waals surface area contributed by atoms with Crippen LogP contribution in [0.5, 0.6) is 0 Å². The number of aliphatic hydroxyl groups excluding tert-OH is 1. The third-order valence-electron chi connectivity index (χ3n) is 2.12. The second-order valence-corrected chi connectivity index (χ2v) is 3.37. The van der Waals surface area contributed by atoms with E-state index in [4.69, 9.17) is 4.74 Å². The molecule has 1 aromatic carbocycles. The fourth-order valence-electron chi connectivity index (χ4n) is 1.35. The number of hydrogen-bond donors (Lipinski definition) is 1. The molecule has 0 saturated carbocycles. The van der Waals surface area contributed by atoms with Crippen LogP contribution in [0.4, 0.5) is 0 Å². The molecule has 1 rings (SSSR count). The largest absolute Gasteiger partial charge is 0.506 e. The first-order chi connectivity index (χ1) is 8.07. The number of carbonyl (C=O) groups excluding carboxylic acids is 2. The van der Waals surface area contributed by atoms with Gasteiger partial charge in [-0.25, -0.2) is 4.79 Å². The van der Waals surface area contributed by atoms with Gasteiger partial charge in [0.1, 0.15) is 11.3 Å². The zero-order valence-corrected chi connectivity index (χ0v) is 9.77. The van der Waals surface area contributed by atoms with Gasteiger partial charge in [-0.05, 0) is 13.8 Å². The van der Waals surface area contributed by atoms with Crippen LogP contribution in [0.15, 0.2) is 35.9 Å². The highest BCUT2D eigenvalue weighted by molar-refractivity contribution is 6.21. The standard InChI is InChI=1S/C13H14O4/c1-3-17-13(16)11(9(2)14)12(15)10-7-5-4-6-8-10/h4-8,15H,3H2,1-2H3/b12-11-. The number of benzene rings is 1. The van der Waals surface area contributed by atoms with Gasteiger partial charge in [-0.15, -0.1) is 0 Å². The van der Waals surface area contributed by atoms with Crippen LogP contribution in [0.3, 0.4) is 0 Å². The van der Waals surface area contributed by atoms with Gasteiger partial charge in [0.15, 0.2) is 5.78 Å². The molecule has 0 aliphatic carbocycles. The van der Waals surface area contributed by atoms with E-state index in [-0.39, 0.29) is 17.9 Å². The Balaban J connectivity index is 3.21. The first-order valence-electron chi connectivity index (χ1n) is 5.24. The number of rotatable bonds is 4. The summed E-state index contributed by atoms with van der Waals surface area (Å²) in [4.78, 5) is 22.9. The molecule has 0 spiro atoms. The number of carbonyl (C=O) groups is 2. The first kappa shape index (κ1) is 13.0. The lowest BCUT2D eigenvalue weighted by molar-refractivity contribution is -0.139. The van der Waals surface area contributed by atoms with E-state index in [1.54, 1.807) is 37.3 Å². The first-order valence-corrected chi connectivity index (χ1v) is 5.24. The maximum absolute atomic E-state index is 11.5. The fourth-order valence-corrected chi connectivity index (χ4v) is 1.35. The van der Waals surface area contributed by atoms with Crippen LogP contribution in [0.25, 0.3) is 5.76 Å². The van der Waals surface area contributed by atoms with Crippen LogP contribution in [0.2, 0.25) is 0 Å². The van der Waals surface area contributed by atoms with Crippen LogP contribution < -0.4 is 0 Å². The molecule has 0 atom stereocenters. The second kappa shape index (κ2) is 5.84. The number of hydrogen-bond acceptors (Lipinski definition) is 4. The van der Waals surface area contributed by atoms with Crippen LogP contribution in [0, 0.1) is 0 Å². The Kier molecular flexibility index (Phi) is 4.46. The van der Waals surface area contributed by atoms with Crippen molar-refractivity contribution in [2.45, 2.75) is 13.8 Å². The average molecular weight is 234 g/mol. The summed E-state index contributed by atoms with van der Waals surface area (Å²) < 4.78 is 4.73. The minimum atomic E-state index is -0.804. The van der Waals surface area contributed by atoms with E-state index in [2.05, 4.69) is 0 Å². The highest BCUT2D eigenvalue weighted by Crippen LogP contribution is 2.17. The van der Waals surface area contributed by atoms with E-state index in [9.17, 15) is 14.7 Å². The SMILES string of the molecule is CCOC(=O)/C(C(C)=O)=C(\O)c1ccccc1. The smallest absolute Gasteiger partial charge is 0.345 e. The summed E-state index contributed by atoms with van der Waals surface area (Å²) >= 11 is 0. The normalized spacial score (nSPS) is 11.6. The third kappa shape index (κ3) is 3.17. The molecule has 0 fully saturated rings. The van der Waals surface area contributed by atoms with Gasteiger partial charge in [-0.3, -0.25) is 4.79 Å². The summed E-state index contributed by atoms with van der Waals surface area (Å²) in [7, 11) is 0. The van der Waals surface area contributed by atoms with Gasteiger partial charge in [0.2, 0.25) is 0 Å². The Morgan fingerprint density at radius 3 is 2.29 bits per heavy atom. The molecule has 0 bridgehead atoms. The lowest BCUT2D eigenvalue weighted by Gasteiger charge is -2.07. The number of ether oxygens (including phenoxy) is 1. The van der Waals surface area contributed by atoms with E-state index < -0.39 is 11.8 Å². The highest BCUT2D eigenvalue weighted by Gasteiger charge is 2.22. The van der Waals surface area contributed by atoms with E-state index in [1.807, 2.05) is 0 Å². The van der Waals surface area contributed by atoms with Crippen LogP contribution in [-0.4, -0.2) is 23.5 Å². The molecule has 0 amide bonds. The van der Waals surface area contributed by atoms with Crippen molar-refractivity contribution in [3.63, 3.8) is 0 Å². The molecular formula is C13H14O4. The van der Waals surface area contributed by atoms with E-state index >= 15 is 0 Å². The topological polar surface area (TPSA) is 63.6 Å². The predicted octanol–water partition coefficient (Wildman–Crippen LogP) is 2.11. The molecule has 0 aromatic heterocycles. The molecule has 0 saturated heterocycles. The maximum atomic E-state index is 11.5. The van der Waals surface area contributed by atoms with Crippen molar-refractivity contribution in [3.8, 4) is 0 Å². The number of Topliss-reactive ketones (excluding diaryl/α,β-unsaturated/α-hetero) is 1. The maximum Gasteiger partial charge on any atom is 0.345 e. The highest BCUT2D eigenvalue weighted by atomic mass is 16.5. The molecule has 4 heteroatoms. The van der Waals surface area contributed by atoms with Crippen molar-refractivity contribution >= 4 is 17.5 Å². The van der Waals surface area contributed by atoms with E-state index in [0.29, 0.717) is 5.56 Å². The molecule has 0 aliphatic rings. The van der Waals surface area contributed by atoms with Crippen molar-refractivity contribution in [2.75, 3.05) is 6.61 Å². The Hall–Kier alpha value is -2.10. The molecule has 17 heavy (non-hydrogen) atoms. The summed E-state index contributed by atoms with van der Waals surface area (Å²) in [5.41, 5.74) is 0.0869. The van der Waals surface area contributed by atoms with Crippen molar-refractivity contribution in [3.05, 3.63) is 41.5 Å². The average Bonchev–Trinajstić information content (AvgIpc) is 2.30. The molecule has 90 valence electrons. The molecule has 0 aliphatic heterocycles.